The minimum atomic E-state index is -1.65. The summed E-state index contributed by atoms with van der Waals surface area (Å²) in [6, 6.07) is -1.65. The molecule has 1 aliphatic rings. The molecule has 0 saturated carbocycles. The highest BCUT2D eigenvalue weighted by atomic mass is 16.5. The quantitative estimate of drug-likeness (QED) is 0.0644. The number of hydroxylamine groups is 2. The molecule has 1 saturated heterocycles. The number of carboxylic acid groups (broad SMARTS) is 1. The summed E-state index contributed by atoms with van der Waals surface area (Å²) in [6.45, 7) is -1.10. The maximum Gasteiger partial charge on any atom is 0.325 e. The van der Waals surface area contributed by atoms with Gasteiger partial charge in [0.25, 0.3) is 11.5 Å². The zero-order valence-electron chi connectivity index (χ0n) is 17.6. The SMILES string of the molecule is N=C(N)NCC(=O)N(O)[C@@H](CCC(=O)O)C(=O)NC[C@H]1O[C@@H](c2c[nH]c(=O)[nH]c2=O)[C@H](O)[C@@H]1O. The summed E-state index contributed by atoms with van der Waals surface area (Å²) >= 11 is 0. The largest absolute Gasteiger partial charge is 0.481 e. The number of H-pyrrole nitrogens is 2. The number of hydrogen-bond donors (Lipinski definition) is 10. The van der Waals surface area contributed by atoms with Crippen LogP contribution in [0, 0.1) is 5.41 Å². The minimum Gasteiger partial charge on any atom is -0.481 e. The lowest BCUT2D eigenvalue weighted by Gasteiger charge is -2.26. The first-order valence-electron chi connectivity index (χ1n) is 9.84. The highest BCUT2D eigenvalue weighted by Gasteiger charge is 2.44. The van der Waals surface area contributed by atoms with Crippen LogP contribution in [0.1, 0.15) is 24.5 Å². The van der Waals surface area contributed by atoms with Gasteiger partial charge in [-0.1, -0.05) is 0 Å². The number of aromatic amines is 2. The zero-order chi connectivity index (χ0) is 25.6. The van der Waals surface area contributed by atoms with Gasteiger partial charge >= 0.3 is 11.7 Å². The van der Waals surface area contributed by atoms with Crippen LogP contribution in [0.5, 0.6) is 0 Å². The van der Waals surface area contributed by atoms with Crippen molar-refractivity contribution in [2.24, 2.45) is 5.73 Å². The predicted molar refractivity (Wildman–Crippen MR) is 110 cm³/mol. The molecule has 17 heteroatoms. The molecule has 0 aliphatic carbocycles. The number of carbonyl (C=O) groups excluding carboxylic acids is 2. The van der Waals surface area contributed by atoms with Crippen molar-refractivity contribution in [3.63, 3.8) is 0 Å². The van der Waals surface area contributed by atoms with Crippen molar-refractivity contribution in [1.29, 1.82) is 5.41 Å². The Morgan fingerprint density at radius 2 is 1.91 bits per heavy atom. The van der Waals surface area contributed by atoms with Gasteiger partial charge in [0.05, 0.1) is 12.1 Å². The van der Waals surface area contributed by atoms with Crippen LogP contribution in [-0.2, 0) is 19.1 Å². The van der Waals surface area contributed by atoms with Gasteiger partial charge in [0, 0.05) is 19.2 Å². The Morgan fingerprint density at radius 1 is 1.24 bits per heavy atom. The molecule has 5 atom stereocenters. The number of nitrogens with two attached hydrogens (primary N) is 1. The third kappa shape index (κ3) is 6.61. The van der Waals surface area contributed by atoms with E-state index in [-0.39, 0.29) is 10.6 Å². The smallest absolute Gasteiger partial charge is 0.325 e. The van der Waals surface area contributed by atoms with Crippen molar-refractivity contribution in [3.05, 3.63) is 32.6 Å². The van der Waals surface area contributed by atoms with E-state index >= 15 is 0 Å². The number of nitrogens with one attached hydrogen (secondary N) is 5. The molecule has 0 unspecified atom stereocenters. The van der Waals surface area contributed by atoms with E-state index in [9.17, 15) is 39.4 Å². The molecular formula is C17H25N7O10. The van der Waals surface area contributed by atoms with Crippen molar-refractivity contribution in [2.75, 3.05) is 13.1 Å². The normalized spacial score (nSPS) is 22.6. The zero-order valence-corrected chi connectivity index (χ0v) is 17.6. The third-order valence-corrected chi connectivity index (χ3v) is 4.91. The first-order valence-corrected chi connectivity index (χ1v) is 9.84. The number of aliphatic hydroxyl groups is 2. The van der Waals surface area contributed by atoms with Crippen LogP contribution in [-0.4, -0.2) is 96.7 Å². The van der Waals surface area contributed by atoms with Gasteiger partial charge in [-0.05, 0) is 6.42 Å². The lowest BCUT2D eigenvalue weighted by molar-refractivity contribution is -0.180. The van der Waals surface area contributed by atoms with Gasteiger partial charge < -0.3 is 41.4 Å². The van der Waals surface area contributed by atoms with E-state index in [1.54, 1.807) is 0 Å². The molecule has 2 heterocycles. The number of amides is 2. The summed E-state index contributed by atoms with van der Waals surface area (Å²) in [5, 5.41) is 50.9. The number of aromatic nitrogens is 2. The van der Waals surface area contributed by atoms with Gasteiger partial charge in [-0.3, -0.25) is 34.8 Å². The highest BCUT2D eigenvalue weighted by Crippen LogP contribution is 2.31. The molecule has 17 nitrogen and oxygen atoms in total. The van der Waals surface area contributed by atoms with E-state index < -0.39 is 91.4 Å². The van der Waals surface area contributed by atoms with Crippen LogP contribution >= 0.6 is 0 Å². The Balaban J connectivity index is 2.07. The van der Waals surface area contributed by atoms with E-state index in [4.69, 9.17) is 21.0 Å². The Kier molecular flexibility index (Phi) is 8.84. The molecule has 0 bridgehead atoms. The average Bonchev–Trinajstić information content (AvgIpc) is 3.04. The van der Waals surface area contributed by atoms with E-state index in [1.807, 2.05) is 4.98 Å². The summed E-state index contributed by atoms with van der Waals surface area (Å²) in [5.41, 5.74) is 3.23. The Bertz CT molecular complexity index is 1040. The van der Waals surface area contributed by atoms with Crippen LogP contribution in [0.2, 0.25) is 0 Å². The number of rotatable bonds is 10. The number of carbonyl (C=O) groups is 3. The molecule has 1 aromatic heterocycles. The van der Waals surface area contributed by atoms with Gasteiger partial charge in [-0.2, -0.15) is 0 Å². The van der Waals surface area contributed by atoms with Crippen LogP contribution in [0.3, 0.4) is 0 Å². The molecular weight excluding hydrogens is 462 g/mol. The number of carboxylic acids is 1. The number of guanidine groups is 1. The van der Waals surface area contributed by atoms with Crippen molar-refractivity contribution in [3.8, 4) is 0 Å². The first-order chi connectivity index (χ1) is 15.9. The minimum absolute atomic E-state index is 0.00233. The van der Waals surface area contributed by atoms with E-state index in [0.717, 1.165) is 6.20 Å². The summed E-state index contributed by atoms with van der Waals surface area (Å²) in [6.07, 6.45) is -5.79. The van der Waals surface area contributed by atoms with E-state index in [0.29, 0.717) is 0 Å². The molecule has 11 N–H and O–H groups in total. The fourth-order valence-electron chi connectivity index (χ4n) is 3.18. The molecule has 0 spiro atoms. The number of ether oxygens (including phenoxy) is 1. The fraction of sp³-hybridized carbons (Fsp3) is 0.529. The topological polar surface area (TPSA) is 284 Å². The van der Waals surface area contributed by atoms with Crippen LogP contribution in [0.4, 0.5) is 0 Å². The summed E-state index contributed by atoms with van der Waals surface area (Å²) in [7, 11) is 0. The van der Waals surface area contributed by atoms with Gasteiger partial charge in [-0.15, -0.1) is 0 Å². The lowest BCUT2D eigenvalue weighted by Crippen LogP contribution is -2.52. The molecule has 0 radical (unpaired) electrons. The Morgan fingerprint density at radius 3 is 2.50 bits per heavy atom. The average molecular weight is 487 g/mol. The first kappa shape index (κ1) is 26.5. The molecule has 1 fully saturated rings. The molecule has 2 amide bonds. The van der Waals surface area contributed by atoms with Crippen LogP contribution in [0.25, 0.3) is 0 Å². The second-order valence-corrected chi connectivity index (χ2v) is 7.30. The molecule has 1 aliphatic heterocycles. The third-order valence-electron chi connectivity index (χ3n) is 4.91. The molecule has 0 aromatic carbocycles. The fourth-order valence-corrected chi connectivity index (χ4v) is 3.18. The van der Waals surface area contributed by atoms with Crippen LogP contribution in [0.15, 0.2) is 15.8 Å². The molecule has 188 valence electrons. The lowest BCUT2D eigenvalue weighted by atomic mass is 10.0. The van der Waals surface area contributed by atoms with Crippen molar-refractivity contribution < 1.29 is 39.6 Å². The molecule has 34 heavy (non-hydrogen) atoms. The maximum absolute atomic E-state index is 12.6. The van der Waals surface area contributed by atoms with E-state index in [1.165, 1.54) is 0 Å². The summed E-state index contributed by atoms with van der Waals surface area (Å²) in [5.74, 6) is -3.96. The van der Waals surface area contributed by atoms with Gasteiger partial charge in [-0.25, -0.2) is 9.86 Å². The van der Waals surface area contributed by atoms with Crippen LogP contribution < -0.4 is 27.6 Å². The highest BCUT2D eigenvalue weighted by molar-refractivity contribution is 5.89. The number of aliphatic carboxylic acids is 1. The van der Waals surface area contributed by atoms with Crippen molar-refractivity contribution in [1.82, 2.24) is 25.7 Å². The Hall–Kier alpha value is -3.80. The van der Waals surface area contributed by atoms with E-state index in [2.05, 4.69) is 15.6 Å². The van der Waals surface area contributed by atoms with Gasteiger partial charge in [0.2, 0.25) is 5.91 Å². The second-order valence-electron chi connectivity index (χ2n) is 7.30. The molecule has 1 aromatic rings. The molecule has 2 rings (SSSR count). The predicted octanol–water partition coefficient (Wildman–Crippen LogP) is -4.72. The maximum atomic E-state index is 12.6. The number of hydrogen-bond acceptors (Lipinski definition) is 10. The monoisotopic (exact) mass is 487 g/mol. The summed E-state index contributed by atoms with van der Waals surface area (Å²) < 4.78 is 5.45. The number of aliphatic hydroxyl groups excluding tert-OH is 2. The van der Waals surface area contributed by atoms with Crippen molar-refractivity contribution >= 4 is 23.7 Å². The van der Waals surface area contributed by atoms with Crippen molar-refractivity contribution in [2.45, 2.75) is 43.3 Å². The second kappa shape index (κ2) is 11.4. The standard InChI is InChI=1S/C17H25N7O10/c18-16(19)21-5-9(25)24(33)7(1-2-10(26)27)15(31)20-4-8-11(28)12(29)13(34-8)6-3-22-17(32)23-14(6)30/h3,7-8,11-13,28-29,33H,1-2,4-5H2,(H,20,31)(H,26,27)(H4,18,19,21)(H2,22,23,30,32)/t7-,8+,11+,12+,13-/m0/s1. The van der Waals surface area contributed by atoms with Gasteiger partial charge in [0.15, 0.2) is 5.96 Å². The van der Waals surface area contributed by atoms with Gasteiger partial charge in [0.1, 0.15) is 30.5 Å². The Labute approximate surface area is 190 Å². The summed E-state index contributed by atoms with van der Waals surface area (Å²) in [4.78, 5) is 62.8. The number of nitrogens with zero attached hydrogens (tertiary/aromatic N) is 1.